The third-order valence-electron chi connectivity index (χ3n) is 6.45. The molecule has 0 radical (unpaired) electrons. The fraction of sp³-hybridized carbons (Fsp3) is 0.375. The quantitative estimate of drug-likeness (QED) is 0.644. The topological polar surface area (TPSA) is 79.5 Å². The molecule has 31 heavy (non-hydrogen) atoms. The van der Waals surface area contributed by atoms with Gasteiger partial charge in [-0.3, -0.25) is 14.5 Å². The lowest BCUT2D eigenvalue weighted by molar-refractivity contribution is -0.130. The Labute approximate surface area is 185 Å². The van der Waals surface area contributed by atoms with Crippen LogP contribution >= 0.6 is 11.3 Å². The summed E-state index contributed by atoms with van der Waals surface area (Å²) >= 11 is 1.36. The number of pyridine rings is 1. The van der Waals surface area contributed by atoms with Gasteiger partial charge in [-0.25, -0.2) is 4.98 Å². The molecule has 5 rings (SSSR count). The first-order valence-corrected chi connectivity index (χ1v) is 11.7. The minimum Gasteiger partial charge on any atom is -0.365 e. The van der Waals surface area contributed by atoms with Gasteiger partial charge in [0.15, 0.2) is 0 Å². The Morgan fingerprint density at radius 1 is 1.13 bits per heavy atom. The van der Waals surface area contributed by atoms with E-state index in [1.165, 1.54) is 22.5 Å². The van der Waals surface area contributed by atoms with Gasteiger partial charge in [-0.05, 0) is 42.1 Å². The largest absolute Gasteiger partial charge is 0.365 e. The number of carbonyl (C=O) groups excluding carboxylic acids is 2. The SMILES string of the molecule is NC(=O)c1sc2ncccc2c1[C@@H]1CCN(C(=O)CCCN2Cc3ccccc3C2)C1. The summed E-state index contributed by atoms with van der Waals surface area (Å²) in [6.45, 7) is 4.27. The van der Waals surface area contributed by atoms with E-state index in [-0.39, 0.29) is 11.8 Å². The van der Waals surface area contributed by atoms with Crippen molar-refractivity contribution < 1.29 is 9.59 Å². The molecule has 3 aromatic rings. The van der Waals surface area contributed by atoms with Crippen LogP contribution < -0.4 is 5.73 Å². The van der Waals surface area contributed by atoms with Gasteiger partial charge >= 0.3 is 0 Å². The van der Waals surface area contributed by atoms with Crippen LogP contribution in [0.15, 0.2) is 42.6 Å². The number of amides is 2. The Balaban J connectivity index is 1.19. The van der Waals surface area contributed by atoms with E-state index in [2.05, 4.69) is 34.1 Å². The highest BCUT2D eigenvalue weighted by atomic mass is 32.1. The fourth-order valence-corrected chi connectivity index (χ4v) is 6.02. The standard InChI is InChI=1S/C24H26N4O2S/c25-23(30)22-21(19-7-3-10-26-24(19)31-22)18-9-12-28(15-18)20(29)8-4-11-27-13-16-5-1-2-6-17(16)14-27/h1-3,5-7,10,18H,4,8-9,11-15H2,(H2,25,30)/t18-/m1/s1. The number of aromatic nitrogens is 1. The van der Waals surface area contributed by atoms with Crippen LogP contribution in [-0.4, -0.2) is 46.2 Å². The van der Waals surface area contributed by atoms with Gasteiger partial charge in [0.2, 0.25) is 5.91 Å². The summed E-state index contributed by atoms with van der Waals surface area (Å²) in [5, 5.41) is 0.995. The predicted octanol–water partition coefficient (Wildman–Crippen LogP) is 3.51. The van der Waals surface area contributed by atoms with Crippen LogP contribution in [0.2, 0.25) is 0 Å². The zero-order valence-corrected chi connectivity index (χ0v) is 18.2. The Morgan fingerprint density at radius 3 is 2.65 bits per heavy atom. The first-order valence-electron chi connectivity index (χ1n) is 10.8. The lowest BCUT2D eigenvalue weighted by Crippen LogP contribution is -2.29. The van der Waals surface area contributed by atoms with E-state index in [0.29, 0.717) is 17.8 Å². The number of fused-ring (bicyclic) bond motifs is 2. The average molecular weight is 435 g/mol. The van der Waals surface area contributed by atoms with Gasteiger partial charge in [-0.15, -0.1) is 11.3 Å². The summed E-state index contributed by atoms with van der Waals surface area (Å²) in [4.78, 5) is 35.0. The maximum atomic E-state index is 12.8. The van der Waals surface area contributed by atoms with Crippen molar-refractivity contribution in [2.45, 2.75) is 38.3 Å². The first kappa shape index (κ1) is 20.2. The van der Waals surface area contributed by atoms with Crippen LogP contribution in [0.4, 0.5) is 0 Å². The van der Waals surface area contributed by atoms with Crippen LogP contribution in [0.1, 0.15) is 51.5 Å². The number of nitrogens with two attached hydrogens (primary N) is 1. The average Bonchev–Trinajstić information content (AvgIpc) is 3.49. The molecule has 0 unspecified atom stereocenters. The molecule has 2 aliphatic heterocycles. The van der Waals surface area contributed by atoms with Gasteiger partial charge in [-0.2, -0.15) is 0 Å². The van der Waals surface area contributed by atoms with Gasteiger partial charge in [-0.1, -0.05) is 30.3 Å². The zero-order valence-electron chi connectivity index (χ0n) is 17.4. The minimum absolute atomic E-state index is 0.137. The van der Waals surface area contributed by atoms with Gasteiger partial charge in [0.05, 0.1) is 4.88 Å². The molecule has 0 bridgehead atoms. The summed E-state index contributed by atoms with van der Waals surface area (Å²) in [6, 6.07) is 12.4. The van der Waals surface area contributed by atoms with Gasteiger partial charge in [0, 0.05) is 50.1 Å². The van der Waals surface area contributed by atoms with E-state index < -0.39 is 5.91 Å². The number of carbonyl (C=O) groups is 2. The van der Waals surface area contributed by atoms with Crippen molar-refractivity contribution in [2.24, 2.45) is 5.73 Å². The van der Waals surface area contributed by atoms with Crippen molar-refractivity contribution in [2.75, 3.05) is 19.6 Å². The van der Waals surface area contributed by atoms with E-state index in [1.807, 2.05) is 17.0 Å². The number of likely N-dealkylation sites (tertiary alicyclic amines) is 1. The molecule has 0 spiro atoms. The lowest BCUT2D eigenvalue weighted by atomic mass is 9.95. The second kappa shape index (κ2) is 8.40. The van der Waals surface area contributed by atoms with Crippen molar-refractivity contribution in [3.8, 4) is 0 Å². The molecule has 2 N–H and O–H groups in total. The summed E-state index contributed by atoms with van der Waals surface area (Å²) in [6.07, 6.45) is 4.02. The predicted molar refractivity (Wildman–Crippen MR) is 122 cm³/mol. The molecular formula is C24H26N4O2S. The van der Waals surface area contributed by atoms with Crippen LogP contribution in [0.5, 0.6) is 0 Å². The maximum Gasteiger partial charge on any atom is 0.259 e. The number of hydrogen-bond acceptors (Lipinski definition) is 5. The molecule has 4 heterocycles. The van der Waals surface area contributed by atoms with Gasteiger partial charge in [0.1, 0.15) is 4.83 Å². The van der Waals surface area contributed by atoms with Crippen molar-refractivity contribution in [3.63, 3.8) is 0 Å². The molecule has 0 aliphatic carbocycles. The van der Waals surface area contributed by atoms with E-state index in [9.17, 15) is 9.59 Å². The molecule has 2 aromatic heterocycles. The molecule has 160 valence electrons. The van der Waals surface area contributed by atoms with E-state index in [1.54, 1.807) is 6.20 Å². The minimum atomic E-state index is -0.408. The molecule has 1 fully saturated rings. The van der Waals surface area contributed by atoms with Crippen molar-refractivity contribution in [1.29, 1.82) is 0 Å². The highest BCUT2D eigenvalue weighted by Crippen LogP contribution is 2.39. The molecule has 2 aliphatic rings. The normalized spacial score (nSPS) is 18.6. The number of benzene rings is 1. The van der Waals surface area contributed by atoms with E-state index >= 15 is 0 Å². The number of rotatable bonds is 6. The second-order valence-corrected chi connectivity index (χ2v) is 9.47. The third-order valence-corrected chi connectivity index (χ3v) is 7.59. The number of primary amides is 1. The van der Waals surface area contributed by atoms with Crippen molar-refractivity contribution in [1.82, 2.24) is 14.8 Å². The third kappa shape index (κ3) is 3.95. The number of thiophene rings is 1. The van der Waals surface area contributed by atoms with Crippen LogP contribution in [0, 0.1) is 0 Å². The molecule has 7 heteroatoms. The van der Waals surface area contributed by atoms with E-state index in [4.69, 9.17) is 5.73 Å². The molecule has 0 saturated carbocycles. The van der Waals surface area contributed by atoms with Crippen LogP contribution in [0.25, 0.3) is 10.2 Å². The molecule has 2 amide bonds. The molecule has 1 atom stereocenters. The van der Waals surface area contributed by atoms with Gasteiger partial charge in [0.25, 0.3) is 5.91 Å². The Hall–Kier alpha value is -2.77. The van der Waals surface area contributed by atoms with E-state index in [0.717, 1.165) is 54.8 Å². The number of hydrogen-bond donors (Lipinski definition) is 1. The second-order valence-electron chi connectivity index (χ2n) is 8.47. The Morgan fingerprint density at radius 2 is 1.90 bits per heavy atom. The Bertz CT molecular complexity index is 1120. The summed E-state index contributed by atoms with van der Waals surface area (Å²) in [5.74, 6) is -0.0654. The van der Waals surface area contributed by atoms with Crippen molar-refractivity contribution in [3.05, 3.63) is 64.2 Å². The summed E-state index contributed by atoms with van der Waals surface area (Å²) in [5.41, 5.74) is 9.44. The zero-order chi connectivity index (χ0) is 21.4. The molecule has 1 aromatic carbocycles. The Kier molecular flexibility index (Phi) is 5.46. The number of nitrogens with zero attached hydrogens (tertiary/aromatic N) is 3. The highest BCUT2D eigenvalue weighted by molar-refractivity contribution is 7.20. The van der Waals surface area contributed by atoms with Crippen molar-refractivity contribution >= 4 is 33.4 Å². The maximum absolute atomic E-state index is 12.8. The van der Waals surface area contributed by atoms with Crippen LogP contribution in [0.3, 0.4) is 0 Å². The monoisotopic (exact) mass is 434 g/mol. The molecule has 1 saturated heterocycles. The first-order chi connectivity index (χ1) is 15.1. The summed E-state index contributed by atoms with van der Waals surface area (Å²) < 4.78 is 0. The highest BCUT2D eigenvalue weighted by Gasteiger charge is 2.32. The lowest BCUT2D eigenvalue weighted by Gasteiger charge is -2.19. The smallest absolute Gasteiger partial charge is 0.259 e. The van der Waals surface area contributed by atoms with Crippen LogP contribution in [-0.2, 0) is 17.9 Å². The van der Waals surface area contributed by atoms with Gasteiger partial charge < -0.3 is 10.6 Å². The molecule has 6 nitrogen and oxygen atoms in total. The fourth-order valence-electron chi connectivity index (χ4n) is 4.94. The summed E-state index contributed by atoms with van der Waals surface area (Å²) in [7, 11) is 0. The molecular weight excluding hydrogens is 408 g/mol.